The van der Waals surface area contributed by atoms with Gasteiger partial charge in [0.05, 0.1) is 6.61 Å². The molecule has 0 saturated carbocycles. The van der Waals surface area contributed by atoms with E-state index in [1.807, 2.05) is 6.92 Å². The summed E-state index contributed by atoms with van der Waals surface area (Å²) in [6, 6.07) is 0. The van der Waals surface area contributed by atoms with Crippen molar-refractivity contribution in [2.24, 2.45) is 11.8 Å². The molecule has 0 aliphatic carbocycles. The SMILES string of the molecule is C/C(=C\CC[C@H](C)CC(C)C)CO. The van der Waals surface area contributed by atoms with Crippen LogP contribution in [0.1, 0.15) is 47.0 Å². The van der Waals surface area contributed by atoms with Gasteiger partial charge in [-0.15, -0.1) is 0 Å². The van der Waals surface area contributed by atoms with E-state index in [4.69, 9.17) is 5.11 Å². The van der Waals surface area contributed by atoms with Crippen molar-refractivity contribution in [1.82, 2.24) is 0 Å². The number of hydrogen-bond donors (Lipinski definition) is 1. The summed E-state index contributed by atoms with van der Waals surface area (Å²) < 4.78 is 0. The van der Waals surface area contributed by atoms with Gasteiger partial charge in [0, 0.05) is 0 Å². The number of allylic oxidation sites excluding steroid dienone is 1. The Morgan fingerprint density at radius 2 is 1.92 bits per heavy atom. The number of aliphatic hydroxyl groups is 1. The van der Waals surface area contributed by atoms with Crippen LogP contribution in [0.15, 0.2) is 11.6 Å². The van der Waals surface area contributed by atoms with E-state index in [1.165, 1.54) is 12.8 Å². The zero-order chi connectivity index (χ0) is 10.3. The third-order valence-electron chi connectivity index (χ3n) is 2.28. The van der Waals surface area contributed by atoms with Crippen LogP contribution in [0.3, 0.4) is 0 Å². The van der Waals surface area contributed by atoms with Gasteiger partial charge in [0.15, 0.2) is 0 Å². The minimum Gasteiger partial charge on any atom is -0.392 e. The molecule has 0 rings (SSSR count). The van der Waals surface area contributed by atoms with Gasteiger partial charge in [0.25, 0.3) is 0 Å². The maximum absolute atomic E-state index is 8.78. The highest BCUT2D eigenvalue weighted by Gasteiger charge is 2.03. The highest BCUT2D eigenvalue weighted by Crippen LogP contribution is 2.16. The summed E-state index contributed by atoms with van der Waals surface area (Å²) in [6.07, 6.45) is 5.82. The Kier molecular flexibility index (Phi) is 6.97. The van der Waals surface area contributed by atoms with Crippen LogP contribution >= 0.6 is 0 Å². The number of aliphatic hydroxyl groups excluding tert-OH is 1. The molecule has 0 radical (unpaired) electrons. The monoisotopic (exact) mass is 184 g/mol. The van der Waals surface area contributed by atoms with Crippen molar-refractivity contribution in [3.05, 3.63) is 11.6 Å². The van der Waals surface area contributed by atoms with Crippen LogP contribution in [0.2, 0.25) is 0 Å². The minimum atomic E-state index is 0.207. The molecule has 1 nitrogen and oxygen atoms in total. The Morgan fingerprint density at radius 1 is 1.31 bits per heavy atom. The molecule has 0 saturated heterocycles. The van der Waals surface area contributed by atoms with Gasteiger partial charge in [-0.2, -0.15) is 0 Å². The van der Waals surface area contributed by atoms with Gasteiger partial charge in [-0.05, 0) is 38.0 Å². The second kappa shape index (κ2) is 7.14. The third-order valence-corrected chi connectivity index (χ3v) is 2.28. The average Bonchev–Trinajstić information content (AvgIpc) is 2.02. The van der Waals surface area contributed by atoms with Crippen LogP contribution in [0, 0.1) is 11.8 Å². The van der Waals surface area contributed by atoms with Gasteiger partial charge in [0.1, 0.15) is 0 Å². The molecule has 1 N–H and O–H groups in total. The van der Waals surface area contributed by atoms with Crippen LogP contribution in [-0.4, -0.2) is 11.7 Å². The van der Waals surface area contributed by atoms with E-state index in [0.29, 0.717) is 0 Å². The van der Waals surface area contributed by atoms with Crippen molar-refractivity contribution < 1.29 is 5.11 Å². The van der Waals surface area contributed by atoms with Gasteiger partial charge >= 0.3 is 0 Å². The lowest BCUT2D eigenvalue weighted by molar-refractivity contribution is 0.330. The highest BCUT2D eigenvalue weighted by atomic mass is 16.3. The smallest absolute Gasteiger partial charge is 0.0639 e. The van der Waals surface area contributed by atoms with Crippen molar-refractivity contribution in [2.75, 3.05) is 6.61 Å². The van der Waals surface area contributed by atoms with Crippen LogP contribution in [0.5, 0.6) is 0 Å². The fourth-order valence-corrected chi connectivity index (χ4v) is 1.60. The van der Waals surface area contributed by atoms with Gasteiger partial charge in [-0.25, -0.2) is 0 Å². The van der Waals surface area contributed by atoms with Crippen molar-refractivity contribution in [1.29, 1.82) is 0 Å². The molecule has 0 bridgehead atoms. The first-order valence-corrected chi connectivity index (χ1v) is 5.32. The molecular weight excluding hydrogens is 160 g/mol. The van der Waals surface area contributed by atoms with E-state index >= 15 is 0 Å². The normalized spacial score (nSPS) is 15.1. The first-order chi connectivity index (χ1) is 6.06. The van der Waals surface area contributed by atoms with E-state index in [9.17, 15) is 0 Å². The molecule has 0 aromatic rings. The van der Waals surface area contributed by atoms with Crippen molar-refractivity contribution in [3.8, 4) is 0 Å². The standard InChI is InChI=1S/C12H24O/c1-10(2)8-11(3)6-5-7-12(4)9-13/h7,10-11,13H,5-6,8-9H2,1-4H3/b12-7+/t11-/m0/s1. The molecule has 0 aromatic heterocycles. The Hall–Kier alpha value is -0.300. The molecule has 0 heterocycles. The fraction of sp³-hybridized carbons (Fsp3) is 0.833. The summed E-state index contributed by atoms with van der Waals surface area (Å²) in [5.74, 6) is 1.61. The van der Waals surface area contributed by atoms with Gasteiger partial charge in [-0.3, -0.25) is 0 Å². The van der Waals surface area contributed by atoms with Crippen molar-refractivity contribution >= 4 is 0 Å². The summed E-state index contributed by atoms with van der Waals surface area (Å²) >= 11 is 0. The van der Waals surface area contributed by atoms with Gasteiger partial charge < -0.3 is 5.11 Å². The maximum Gasteiger partial charge on any atom is 0.0639 e. The summed E-state index contributed by atoms with van der Waals surface area (Å²) in [4.78, 5) is 0. The van der Waals surface area contributed by atoms with E-state index < -0.39 is 0 Å². The van der Waals surface area contributed by atoms with Gasteiger partial charge in [0.2, 0.25) is 0 Å². The average molecular weight is 184 g/mol. The zero-order valence-electron chi connectivity index (χ0n) is 9.51. The molecule has 78 valence electrons. The second-order valence-electron chi connectivity index (χ2n) is 4.52. The first kappa shape index (κ1) is 12.7. The first-order valence-electron chi connectivity index (χ1n) is 5.32. The maximum atomic E-state index is 8.78. The minimum absolute atomic E-state index is 0.207. The predicted molar refractivity (Wildman–Crippen MR) is 58.7 cm³/mol. The van der Waals surface area contributed by atoms with Crippen molar-refractivity contribution in [2.45, 2.75) is 47.0 Å². The fourth-order valence-electron chi connectivity index (χ4n) is 1.60. The molecule has 0 aliphatic heterocycles. The molecule has 0 fully saturated rings. The molecule has 0 amide bonds. The van der Waals surface area contributed by atoms with Crippen LogP contribution < -0.4 is 0 Å². The molecule has 0 spiro atoms. The Morgan fingerprint density at radius 3 is 2.38 bits per heavy atom. The quantitative estimate of drug-likeness (QED) is 0.627. The molecule has 0 aliphatic rings. The van der Waals surface area contributed by atoms with E-state index in [-0.39, 0.29) is 6.61 Å². The lowest BCUT2D eigenvalue weighted by Gasteiger charge is -2.12. The Balaban J connectivity index is 3.52. The molecule has 1 atom stereocenters. The van der Waals surface area contributed by atoms with Crippen LogP contribution in [-0.2, 0) is 0 Å². The Bertz CT molecular complexity index is 147. The Labute approximate surface area is 82.9 Å². The summed E-state index contributed by atoms with van der Waals surface area (Å²) in [5, 5.41) is 8.78. The molecule has 13 heavy (non-hydrogen) atoms. The molecule has 1 heteroatoms. The van der Waals surface area contributed by atoms with E-state index in [1.54, 1.807) is 0 Å². The molecular formula is C12H24O. The van der Waals surface area contributed by atoms with Crippen molar-refractivity contribution in [3.63, 3.8) is 0 Å². The molecule has 0 unspecified atom stereocenters. The van der Waals surface area contributed by atoms with Crippen LogP contribution in [0.4, 0.5) is 0 Å². The lowest BCUT2D eigenvalue weighted by atomic mass is 9.94. The number of rotatable bonds is 6. The molecule has 0 aromatic carbocycles. The largest absolute Gasteiger partial charge is 0.392 e. The zero-order valence-corrected chi connectivity index (χ0v) is 9.51. The topological polar surface area (TPSA) is 20.2 Å². The summed E-state index contributed by atoms with van der Waals surface area (Å²) in [6.45, 7) is 9.03. The predicted octanol–water partition coefficient (Wildman–Crippen LogP) is 3.39. The third kappa shape index (κ3) is 8.04. The highest BCUT2D eigenvalue weighted by molar-refractivity contribution is 4.97. The van der Waals surface area contributed by atoms with E-state index in [2.05, 4.69) is 26.8 Å². The lowest BCUT2D eigenvalue weighted by Crippen LogP contribution is -1.99. The summed E-state index contributed by atoms with van der Waals surface area (Å²) in [7, 11) is 0. The van der Waals surface area contributed by atoms with E-state index in [0.717, 1.165) is 23.8 Å². The summed E-state index contributed by atoms with van der Waals surface area (Å²) in [5.41, 5.74) is 1.09. The second-order valence-corrected chi connectivity index (χ2v) is 4.52. The van der Waals surface area contributed by atoms with Crippen LogP contribution in [0.25, 0.3) is 0 Å². The number of hydrogen-bond acceptors (Lipinski definition) is 1. The van der Waals surface area contributed by atoms with Gasteiger partial charge in [-0.1, -0.05) is 32.4 Å².